The SMILES string of the molecule is N#CCC(CCCC1OCCO1)(C(=O)O)N1C(=O)c2ccccc2C1=O. The average Bonchev–Trinajstić information content (AvgIpc) is 3.22. The number of carbonyl (C=O) groups excluding carboxylic acids is 2. The second kappa shape index (κ2) is 7.23. The molecule has 0 spiro atoms. The summed E-state index contributed by atoms with van der Waals surface area (Å²) in [4.78, 5) is 38.3. The Bertz CT molecular complexity index is 745. The number of nitriles is 1. The van der Waals surface area contributed by atoms with Crippen molar-refractivity contribution in [3.05, 3.63) is 35.4 Å². The molecule has 1 aromatic rings. The highest BCUT2D eigenvalue weighted by Gasteiger charge is 2.53. The maximum absolute atomic E-state index is 12.7. The Kier molecular flexibility index (Phi) is 5.02. The fraction of sp³-hybridized carbons (Fsp3) is 0.444. The molecule has 1 aromatic carbocycles. The minimum Gasteiger partial charge on any atom is -0.479 e. The van der Waals surface area contributed by atoms with Crippen LogP contribution >= 0.6 is 0 Å². The molecule has 2 aliphatic heterocycles. The predicted octanol–water partition coefficient (Wildman–Crippen LogP) is 1.56. The molecule has 2 aliphatic rings. The summed E-state index contributed by atoms with van der Waals surface area (Å²) in [5.74, 6) is -2.74. The standard InChI is InChI=1S/C18H18N2O6/c19-9-8-18(17(23)24,7-3-6-14-25-10-11-26-14)20-15(21)12-4-1-2-5-13(12)16(20)22/h1-2,4-5,14H,3,6-8,10-11H2,(H,23,24). The highest BCUT2D eigenvalue weighted by atomic mass is 16.7. The van der Waals surface area contributed by atoms with Crippen LogP contribution in [-0.2, 0) is 14.3 Å². The Labute approximate surface area is 149 Å². The van der Waals surface area contributed by atoms with E-state index in [2.05, 4.69) is 0 Å². The van der Waals surface area contributed by atoms with Crippen LogP contribution in [0.5, 0.6) is 0 Å². The van der Waals surface area contributed by atoms with Crippen molar-refractivity contribution in [2.45, 2.75) is 37.5 Å². The van der Waals surface area contributed by atoms with Crippen LogP contribution < -0.4 is 0 Å². The first-order valence-electron chi connectivity index (χ1n) is 8.33. The van der Waals surface area contributed by atoms with E-state index in [1.807, 2.05) is 6.07 Å². The van der Waals surface area contributed by atoms with Gasteiger partial charge in [-0.3, -0.25) is 14.5 Å². The first-order valence-corrected chi connectivity index (χ1v) is 8.33. The minimum absolute atomic E-state index is 0.0510. The maximum Gasteiger partial charge on any atom is 0.331 e. The van der Waals surface area contributed by atoms with Crippen molar-refractivity contribution in [1.82, 2.24) is 4.90 Å². The summed E-state index contributed by atoms with van der Waals surface area (Å²) in [6, 6.07) is 8.00. The van der Waals surface area contributed by atoms with Gasteiger partial charge in [0.2, 0.25) is 0 Å². The van der Waals surface area contributed by atoms with Crippen molar-refractivity contribution < 1.29 is 29.0 Å². The van der Waals surface area contributed by atoms with Crippen molar-refractivity contribution in [3.63, 3.8) is 0 Å². The maximum atomic E-state index is 12.7. The topological polar surface area (TPSA) is 117 Å². The van der Waals surface area contributed by atoms with E-state index in [1.165, 1.54) is 12.1 Å². The van der Waals surface area contributed by atoms with Crippen LogP contribution in [0.25, 0.3) is 0 Å². The third kappa shape index (κ3) is 2.96. The zero-order valence-electron chi connectivity index (χ0n) is 14.0. The Hall–Kier alpha value is -2.76. The lowest BCUT2D eigenvalue weighted by molar-refractivity contribution is -0.149. The smallest absolute Gasteiger partial charge is 0.331 e. The summed E-state index contributed by atoms with van der Waals surface area (Å²) >= 11 is 0. The zero-order chi connectivity index (χ0) is 18.7. The molecule has 0 radical (unpaired) electrons. The van der Waals surface area contributed by atoms with Gasteiger partial charge >= 0.3 is 5.97 Å². The molecule has 0 aromatic heterocycles. The first kappa shape index (κ1) is 18.0. The van der Waals surface area contributed by atoms with E-state index >= 15 is 0 Å². The quantitative estimate of drug-likeness (QED) is 0.735. The molecule has 0 bridgehead atoms. The number of hydrogen-bond donors (Lipinski definition) is 1. The molecule has 1 N–H and O–H groups in total. The van der Waals surface area contributed by atoms with Crippen LogP contribution in [0.4, 0.5) is 0 Å². The van der Waals surface area contributed by atoms with Gasteiger partial charge in [-0.1, -0.05) is 12.1 Å². The van der Waals surface area contributed by atoms with Gasteiger partial charge in [-0.25, -0.2) is 4.79 Å². The highest BCUT2D eigenvalue weighted by molar-refractivity contribution is 6.23. The summed E-state index contributed by atoms with van der Waals surface area (Å²) in [6.45, 7) is 0.955. The number of amides is 2. The minimum atomic E-state index is -1.92. The third-order valence-electron chi connectivity index (χ3n) is 4.71. The number of imide groups is 1. The summed E-state index contributed by atoms with van der Waals surface area (Å²) in [5, 5.41) is 19.1. The van der Waals surface area contributed by atoms with E-state index in [0.29, 0.717) is 26.1 Å². The van der Waals surface area contributed by atoms with Gasteiger partial charge in [-0.15, -0.1) is 0 Å². The van der Waals surface area contributed by atoms with Gasteiger partial charge in [0.15, 0.2) is 11.8 Å². The Balaban J connectivity index is 1.88. The largest absolute Gasteiger partial charge is 0.479 e. The highest BCUT2D eigenvalue weighted by Crippen LogP contribution is 2.35. The van der Waals surface area contributed by atoms with Crippen LogP contribution in [0.2, 0.25) is 0 Å². The fourth-order valence-electron chi connectivity index (χ4n) is 3.40. The van der Waals surface area contributed by atoms with Crippen LogP contribution in [0, 0.1) is 11.3 Å². The van der Waals surface area contributed by atoms with Crippen LogP contribution in [-0.4, -0.2) is 52.8 Å². The van der Waals surface area contributed by atoms with Gasteiger partial charge in [-0.05, 0) is 31.4 Å². The van der Waals surface area contributed by atoms with Crippen molar-refractivity contribution in [1.29, 1.82) is 5.26 Å². The number of carbonyl (C=O) groups is 3. The predicted molar refractivity (Wildman–Crippen MR) is 87.1 cm³/mol. The number of ether oxygens (including phenoxy) is 2. The lowest BCUT2D eigenvalue weighted by atomic mass is 9.87. The van der Waals surface area contributed by atoms with Gasteiger partial charge in [0.1, 0.15) is 0 Å². The van der Waals surface area contributed by atoms with Gasteiger partial charge in [0, 0.05) is 0 Å². The number of benzene rings is 1. The molecule has 0 aliphatic carbocycles. The van der Waals surface area contributed by atoms with Crippen LogP contribution in [0.15, 0.2) is 24.3 Å². The monoisotopic (exact) mass is 358 g/mol. The average molecular weight is 358 g/mol. The van der Waals surface area contributed by atoms with Crippen LogP contribution in [0.1, 0.15) is 46.4 Å². The second-order valence-electron chi connectivity index (χ2n) is 6.23. The van der Waals surface area contributed by atoms with E-state index in [1.54, 1.807) is 12.1 Å². The Morgan fingerprint density at radius 1 is 1.23 bits per heavy atom. The number of nitrogens with zero attached hydrogens (tertiary/aromatic N) is 2. The van der Waals surface area contributed by atoms with E-state index in [0.717, 1.165) is 4.90 Å². The number of hydrogen-bond acceptors (Lipinski definition) is 6. The summed E-state index contributed by atoms with van der Waals surface area (Å²) in [7, 11) is 0. The molecule has 1 fully saturated rings. The lowest BCUT2D eigenvalue weighted by Crippen LogP contribution is -2.57. The molecular formula is C18H18N2O6. The van der Waals surface area contributed by atoms with E-state index < -0.39 is 36.0 Å². The van der Waals surface area contributed by atoms with Crippen molar-refractivity contribution in [3.8, 4) is 6.07 Å². The molecule has 1 unspecified atom stereocenters. The molecule has 0 saturated carbocycles. The Morgan fingerprint density at radius 2 is 1.81 bits per heavy atom. The van der Waals surface area contributed by atoms with Crippen LogP contribution in [0.3, 0.4) is 0 Å². The Morgan fingerprint density at radius 3 is 2.31 bits per heavy atom. The molecule has 1 saturated heterocycles. The molecule has 2 amide bonds. The molecule has 1 atom stereocenters. The van der Waals surface area contributed by atoms with Gasteiger partial charge in [0.25, 0.3) is 11.8 Å². The number of carboxylic acid groups (broad SMARTS) is 1. The molecular weight excluding hydrogens is 340 g/mol. The molecule has 8 nitrogen and oxygen atoms in total. The van der Waals surface area contributed by atoms with Gasteiger partial charge < -0.3 is 14.6 Å². The zero-order valence-corrected chi connectivity index (χ0v) is 14.0. The molecule has 3 rings (SSSR count). The van der Waals surface area contributed by atoms with Crippen molar-refractivity contribution in [2.24, 2.45) is 0 Å². The number of aliphatic carboxylic acids is 1. The normalized spacial score (nSPS) is 19.3. The first-order chi connectivity index (χ1) is 12.5. The summed E-state index contributed by atoms with van der Waals surface area (Å²) in [6.07, 6.45) is -0.216. The lowest BCUT2D eigenvalue weighted by Gasteiger charge is -2.35. The second-order valence-corrected chi connectivity index (χ2v) is 6.23. The number of carboxylic acids is 1. The van der Waals surface area contributed by atoms with Crippen molar-refractivity contribution >= 4 is 17.8 Å². The van der Waals surface area contributed by atoms with Crippen molar-refractivity contribution in [2.75, 3.05) is 13.2 Å². The third-order valence-corrected chi connectivity index (χ3v) is 4.71. The molecule has 8 heteroatoms. The van der Waals surface area contributed by atoms with E-state index in [9.17, 15) is 24.8 Å². The van der Waals surface area contributed by atoms with E-state index in [4.69, 9.17) is 9.47 Å². The number of rotatable bonds is 7. The van der Waals surface area contributed by atoms with Gasteiger partial charge in [-0.2, -0.15) is 5.26 Å². The molecule has 2 heterocycles. The van der Waals surface area contributed by atoms with Gasteiger partial charge in [0.05, 0.1) is 36.8 Å². The number of fused-ring (bicyclic) bond motifs is 1. The molecule has 26 heavy (non-hydrogen) atoms. The van der Waals surface area contributed by atoms with E-state index in [-0.39, 0.29) is 17.5 Å². The fourth-order valence-corrected chi connectivity index (χ4v) is 3.40. The summed E-state index contributed by atoms with van der Waals surface area (Å²) < 4.78 is 10.6. The molecule has 136 valence electrons. The summed E-state index contributed by atoms with van der Waals surface area (Å²) in [5.41, 5.74) is -1.60.